The summed E-state index contributed by atoms with van der Waals surface area (Å²) in [7, 11) is 1.60. The number of ether oxygens (including phenoxy) is 1. The lowest BCUT2D eigenvalue weighted by Crippen LogP contribution is -2.48. The van der Waals surface area contributed by atoms with Crippen LogP contribution in [-0.4, -0.2) is 42.2 Å². The van der Waals surface area contributed by atoms with Crippen LogP contribution in [-0.2, 0) is 21.9 Å². The van der Waals surface area contributed by atoms with Gasteiger partial charge in [-0.25, -0.2) is 0 Å². The average molecular weight is 483 g/mol. The molecule has 0 aliphatic heterocycles. The Morgan fingerprint density at radius 2 is 1.97 bits per heavy atom. The summed E-state index contributed by atoms with van der Waals surface area (Å²) in [4.78, 5) is 27.3. The van der Waals surface area contributed by atoms with Crippen molar-refractivity contribution < 1.29 is 14.3 Å². The van der Waals surface area contributed by atoms with Gasteiger partial charge in [0.15, 0.2) is 0 Å². The molecular formula is C23H28Cl2N2O3S. The smallest absolute Gasteiger partial charge is 0.242 e. The van der Waals surface area contributed by atoms with Gasteiger partial charge in [0.1, 0.15) is 11.8 Å². The summed E-state index contributed by atoms with van der Waals surface area (Å²) in [6.07, 6.45) is 0.833. The highest BCUT2D eigenvalue weighted by Gasteiger charge is 2.26. The number of hydrogen-bond donors (Lipinski definition) is 1. The number of carbonyl (C=O) groups is 2. The zero-order valence-corrected chi connectivity index (χ0v) is 20.3. The van der Waals surface area contributed by atoms with Gasteiger partial charge < -0.3 is 15.0 Å². The minimum absolute atomic E-state index is 0.114. The third-order valence-corrected chi connectivity index (χ3v) is 6.25. The van der Waals surface area contributed by atoms with Gasteiger partial charge in [-0.3, -0.25) is 9.59 Å². The monoisotopic (exact) mass is 482 g/mol. The van der Waals surface area contributed by atoms with Gasteiger partial charge in [0.05, 0.1) is 12.9 Å². The fourth-order valence-electron chi connectivity index (χ4n) is 2.92. The number of nitrogens with one attached hydrogen (secondary N) is 1. The van der Waals surface area contributed by atoms with Crippen LogP contribution >= 0.6 is 35.0 Å². The minimum atomic E-state index is -0.593. The number of hydrogen-bond acceptors (Lipinski definition) is 4. The van der Waals surface area contributed by atoms with Crippen molar-refractivity contribution >= 4 is 46.8 Å². The molecule has 2 rings (SSSR count). The topological polar surface area (TPSA) is 58.6 Å². The lowest BCUT2D eigenvalue weighted by molar-refractivity contribution is -0.138. The third kappa shape index (κ3) is 7.95. The first-order valence-electron chi connectivity index (χ1n) is 10.1. The highest BCUT2D eigenvalue weighted by molar-refractivity contribution is 7.99. The molecule has 2 amide bonds. The molecule has 0 saturated carbocycles. The molecule has 5 nitrogen and oxygen atoms in total. The number of amides is 2. The van der Waals surface area contributed by atoms with Crippen molar-refractivity contribution in [3.63, 3.8) is 0 Å². The Labute approximate surface area is 198 Å². The Kier molecular flexibility index (Phi) is 10.5. The number of rotatable bonds is 11. The first-order chi connectivity index (χ1) is 14.8. The highest BCUT2D eigenvalue weighted by atomic mass is 35.5. The van der Waals surface area contributed by atoms with Crippen molar-refractivity contribution in [2.24, 2.45) is 0 Å². The Hall–Kier alpha value is -1.89. The zero-order chi connectivity index (χ0) is 22.8. The van der Waals surface area contributed by atoms with Crippen molar-refractivity contribution in [3.05, 3.63) is 63.6 Å². The van der Waals surface area contributed by atoms with Crippen LogP contribution in [0, 0.1) is 0 Å². The zero-order valence-electron chi connectivity index (χ0n) is 18.0. The van der Waals surface area contributed by atoms with Gasteiger partial charge in [-0.2, -0.15) is 0 Å². The van der Waals surface area contributed by atoms with E-state index in [4.69, 9.17) is 27.9 Å². The van der Waals surface area contributed by atoms with E-state index < -0.39 is 6.04 Å². The second kappa shape index (κ2) is 12.8. The molecule has 2 aromatic rings. The van der Waals surface area contributed by atoms with E-state index in [9.17, 15) is 9.59 Å². The minimum Gasteiger partial charge on any atom is -0.497 e. The van der Waals surface area contributed by atoms with Gasteiger partial charge in [0.25, 0.3) is 0 Å². The van der Waals surface area contributed by atoms with Crippen LogP contribution in [0.15, 0.2) is 42.5 Å². The molecule has 0 aromatic heterocycles. The van der Waals surface area contributed by atoms with Gasteiger partial charge in [0.2, 0.25) is 11.8 Å². The van der Waals surface area contributed by atoms with E-state index in [1.165, 1.54) is 11.8 Å². The van der Waals surface area contributed by atoms with Gasteiger partial charge in [-0.15, -0.1) is 11.8 Å². The molecule has 0 heterocycles. The molecule has 0 aliphatic carbocycles. The Bertz CT molecular complexity index is 895. The van der Waals surface area contributed by atoms with Crippen LogP contribution in [0.4, 0.5) is 0 Å². The summed E-state index contributed by atoms with van der Waals surface area (Å²) < 4.78 is 5.28. The number of methoxy groups -OCH3 is 1. The van der Waals surface area contributed by atoms with Crippen LogP contribution in [0.2, 0.25) is 10.0 Å². The van der Waals surface area contributed by atoms with E-state index in [1.54, 1.807) is 31.1 Å². The maximum absolute atomic E-state index is 13.1. The molecule has 0 saturated heterocycles. The van der Waals surface area contributed by atoms with E-state index >= 15 is 0 Å². The van der Waals surface area contributed by atoms with Gasteiger partial charge in [-0.1, -0.05) is 48.3 Å². The standard InChI is InChI=1S/C23H28Cl2N2O3S/c1-4-10-26-23(29)16(2)27(13-17-6-5-7-20(11-17)30-3)22(28)15-31-14-18-8-9-19(24)12-21(18)25/h5-9,11-12,16H,4,10,13-15H2,1-3H3,(H,26,29)/t16-/m0/s1. The number of thioether (sulfide) groups is 1. The Balaban J connectivity index is 2.09. The molecule has 0 fully saturated rings. The van der Waals surface area contributed by atoms with Crippen LogP contribution in [0.25, 0.3) is 0 Å². The number of halogens is 2. The first kappa shape index (κ1) is 25.4. The van der Waals surface area contributed by atoms with E-state index in [0.29, 0.717) is 34.6 Å². The molecular weight excluding hydrogens is 455 g/mol. The third-order valence-electron chi connectivity index (χ3n) is 4.70. The largest absolute Gasteiger partial charge is 0.497 e. The van der Waals surface area contributed by atoms with E-state index in [-0.39, 0.29) is 17.6 Å². The Morgan fingerprint density at radius 1 is 1.19 bits per heavy atom. The van der Waals surface area contributed by atoms with Gasteiger partial charge in [0, 0.05) is 28.9 Å². The molecule has 0 spiro atoms. The molecule has 168 valence electrons. The van der Waals surface area contributed by atoms with E-state index in [2.05, 4.69) is 5.32 Å². The molecule has 0 aliphatic rings. The molecule has 0 bridgehead atoms. The van der Waals surface area contributed by atoms with Crippen molar-refractivity contribution in [1.29, 1.82) is 0 Å². The van der Waals surface area contributed by atoms with Crippen LogP contribution in [0.5, 0.6) is 5.75 Å². The summed E-state index contributed by atoms with van der Waals surface area (Å²) >= 11 is 13.6. The van der Waals surface area contributed by atoms with Gasteiger partial charge in [-0.05, 0) is 48.7 Å². The fourth-order valence-corrected chi connectivity index (χ4v) is 4.38. The maximum atomic E-state index is 13.1. The predicted molar refractivity (Wildman–Crippen MR) is 129 cm³/mol. The number of benzene rings is 2. The van der Waals surface area contributed by atoms with Crippen LogP contribution in [0.1, 0.15) is 31.4 Å². The van der Waals surface area contributed by atoms with Crippen LogP contribution < -0.4 is 10.1 Å². The molecule has 31 heavy (non-hydrogen) atoms. The average Bonchev–Trinajstić information content (AvgIpc) is 2.76. The summed E-state index contributed by atoms with van der Waals surface area (Å²) in [5, 5.41) is 4.03. The SMILES string of the molecule is CCCNC(=O)[C@H](C)N(Cc1cccc(OC)c1)C(=O)CSCc1ccc(Cl)cc1Cl. The molecule has 0 unspecified atom stereocenters. The highest BCUT2D eigenvalue weighted by Crippen LogP contribution is 2.25. The second-order valence-electron chi connectivity index (χ2n) is 7.07. The summed E-state index contributed by atoms with van der Waals surface area (Å²) in [6.45, 7) is 4.64. The lowest BCUT2D eigenvalue weighted by Gasteiger charge is -2.29. The van der Waals surface area contributed by atoms with Crippen molar-refractivity contribution in [2.45, 2.75) is 38.6 Å². The van der Waals surface area contributed by atoms with Crippen molar-refractivity contribution in [3.8, 4) is 5.75 Å². The first-order valence-corrected chi connectivity index (χ1v) is 12.0. The fraction of sp³-hybridized carbons (Fsp3) is 0.391. The number of carbonyl (C=O) groups excluding carboxylic acids is 2. The number of nitrogens with zero attached hydrogens (tertiary/aromatic N) is 1. The predicted octanol–water partition coefficient (Wildman–Crippen LogP) is 5.18. The molecule has 8 heteroatoms. The Morgan fingerprint density at radius 3 is 2.65 bits per heavy atom. The van der Waals surface area contributed by atoms with E-state index in [0.717, 1.165) is 17.5 Å². The lowest BCUT2D eigenvalue weighted by atomic mass is 10.1. The second-order valence-corrected chi connectivity index (χ2v) is 8.90. The van der Waals surface area contributed by atoms with Crippen LogP contribution in [0.3, 0.4) is 0 Å². The quantitative estimate of drug-likeness (QED) is 0.479. The normalized spacial score (nSPS) is 11.6. The van der Waals surface area contributed by atoms with E-state index in [1.807, 2.05) is 37.3 Å². The summed E-state index contributed by atoms with van der Waals surface area (Å²) in [5.41, 5.74) is 1.81. The van der Waals surface area contributed by atoms with Gasteiger partial charge >= 0.3 is 0 Å². The molecule has 1 atom stereocenters. The molecule has 2 aromatic carbocycles. The maximum Gasteiger partial charge on any atom is 0.242 e. The summed E-state index contributed by atoms with van der Waals surface area (Å²) in [5.74, 6) is 1.24. The molecule has 1 N–H and O–H groups in total. The van der Waals surface area contributed by atoms with Crippen molar-refractivity contribution in [2.75, 3.05) is 19.4 Å². The van der Waals surface area contributed by atoms with Crippen molar-refractivity contribution in [1.82, 2.24) is 10.2 Å². The molecule has 0 radical (unpaired) electrons. The summed E-state index contributed by atoms with van der Waals surface area (Å²) in [6, 6.07) is 12.2.